The third kappa shape index (κ3) is 5.17. The average molecular weight is 394 g/mol. The molecule has 2 heterocycles. The summed E-state index contributed by atoms with van der Waals surface area (Å²) in [6.45, 7) is 9.47. The number of hydrogen-bond donors (Lipinski definition) is 0. The fraction of sp³-hybridized carbons (Fsp3) is 0.458. The van der Waals surface area contributed by atoms with Gasteiger partial charge in [0, 0.05) is 45.8 Å². The molecule has 0 aromatic heterocycles. The molecule has 0 aliphatic carbocycles. The molecule has 2 aliphatic heterocycles. The Hall–Kier alpha value is -2.37. The smallest absolute Gasteiger partial charge is 0.236 e. The topological polar surface area (TPSA) is 36.0 Å². The minimum absolute atomic E-state index is 0.258. The van der Waals surface area contributed by atoms with Gasteiger partial charge < -0.3 is 9.64 Å². The molecule has 2 aliphatic rings. The van der Waals surface area contributed by atoms with Crippen LogP contribution < -0.4 is 4.74 Å². The summed E-state index contributed by atoms with van der Waals surface area (Å²) in [4.78, 5) is 19.6. The first-order valence-electron chi connectivity index (χ1n) is 10.7. The number of carbonyl (C=O) groups is 1. The predicted octanol–water partition coefficient (Wildman–Crippen LogP) is 2.79. The summed E-state index contributed by atoms with van der Waals surface area (Å²) in [6.07, 6.45) is 1.000. The first kappa shape index (κ1) is 19.9. The summed E-state index contributed by atoms with van der Waals surface area (Å²) in [5.74, 6) is 1.18. The van der Waals surface area contributed by atoms with E-state index in [0.717, 1.165) is 58.0 Å². The van der Waals surface area contributed by atoms with Crippen LogP contribution in [0, 0.1) is 0 Å². The molecule has 2 aromatic carbocycles. The van der Waals surface area contributed by atoms with Crippen molar-refractivity contribution in [3.8, 4) is 5.75 Å². The van der Waals surface area contributed by atoms with E-state index in [1.54, 1.807) is 0 Å². The number of ether oxygens (including phenoxy) is 1. The van der Waals surface area contributed by atoms with Gasteiger partial charge >= 0.3 is 0 Å². The molecule has 154 valence electrons. The summed E-state index contributed by atoms with van der Waals surface area (Å²) in [7, 11) is 0. The Bertz CT molecular complexity index is 816. The van der Waals surface area contributed by atoms with Gasteiger partial charge in [-0.3, -0.25) is 14.6 Å². The summed E-state index contributed by atoms with van der Waals surface area (Å²) in [5.41, 5.74) is 4.01. The van der Waals surface area contributed by atoms with Gasteiger partial charge in [-0.1, -0.05) is 36.4 Å². The van der Waals surface area contributed by atoms with Gasteiger partial charge in [0.25, 0.3) is 0 Å². The van der Waals surface area contributed by atoms with Crippen LogP contribution in [-0.2, 0) is 24.3 Å². The maximum Gasteiger partial charge on any atom is 0.236 e. The molecule has 0 unspecified atom stereocenters. The van der Waals surface area contributed by atoms with Crippen LogP contribution in [0.25, 0.3) is 0 Å². The number of piperazine rings is 1. The van der Waals surface area contributed by atoms with E-state index in [2.05, 4.69) is 58.3 Å². The van der Waals surface area contributed by atoms with Crippen molar-refractivity contribution in [1.82, 2.24) is 14.7 Å². The van der Waals surface area contributed by atoms with Crippen LogP contribution in [0.5, 0.6) is 5.75 Å². The standard InChI is InChI=1S/C24H31N3O2/c1-2-29-23-9-8-21-10-11-26(18-22(21)16-23)19-24(28)27-14-12-25(13-15-27)17-20-6-4-3-5-7-20/h3-9,16H,2,10-15,17-19H2,1H3. The van der Waals surface area contributed by atoms with Crippen LogP contribution in [0.3, 0.4) is 0 Å². The van der Waals surface area contributed by atoms with Gasteiger partial charge in [0.15, 0.2) is 0 Å². The maximum atomic E-state index is 12.9. The summed E-state index contributed by atoms with van der Waals surface area (Å²) in [6, 6.07) is 16.9. The Morgan fingerprint density at radius 3 is 2.48 bits per heavy atom. The number of benzene rings is 2. The second kappa shape index (κ2) is 9.42. The summed E-state index contributed by atoms with van der Waals surface area (Å²) < 4.78 is 5.64. The molecule has 1 saturated heterocycles. The van der Waals surface area contributed by atoms with Gasteiger partial charge in [-0.2, -0.15) is 0 Å². The SMILES string of the molecule is CCOc1ccc2c(c1)CN(CC(=O)N1CCN(Cc3ccccc3)CC1)CC2. The molecule has 0 atom stereocenters. The van der Waals surface area contributed by atoms with Crippen LogP contribution in [0.15, 0.2) is 48.5 Å². The number of rotatable bonds is 6. The largest absolute Gasteiger partial charge is 0.494 e. The van der Waals surface area contributed by atoms with E-state index in [9.17, 15) is 4.79 Å². The summed E-state index contributed by atoms with van der Waals surface area (Å²) in [5, 5.41) is 0. The van der Waals surface area contributed by atoms with E-state index < -0.39 is 0 Å². The number of hydrogen-bond acceptors (Lipinski definition) is 4. The molecule has 5 heteroatoms. The second-order valence-corrected chi connectivity index (χ2v) is 7.97. The van der Waals surface area contributed by atoms with Crippen molar-refractivity contribution in [2.24, 2.45) is 0 Å². The van der Waals surface area contributed by atoms with E-state index in [1.165, 1.54) is 16.7 Å². The van der Waals surface area contributed by atoms with Crippen molar-refractivity contribution in [1.29, 1.82) is 0 Å². The molecule has 0 saturated carbocycles. The van der Waals surface area contributed by atoms with Gasteiger partial charge in [-0.15, -0.1) is 0 Å². The van der Waals surface area contributed by atoms with E-state index >= 15 is 0 Å². The monoisotopic (exact) mass is 393 g/mol. The minimum atomic E-state index is 0.258. The molecule has 2 aromatic rings. The highest BCUT2D eigenvalue weighted by atomic mass is 16.5. The van der Waals surface area contributed by atoms with E-state index in [4.69, 9.17) is 4.74 Å². The molecule has 4 rings (SSSR count). The van der Waals surface area contributed by atoms with Crippen molar-refractivity contribution < 1.29 is 9.53 Å². The first-order valence-corrected chi connectivity index (χ1v) is 10.7. The normalized spacial score (nSPS) is 17.8. The predicted molar refractivity (Wildman–Crippen MR) is 115 cm³/mol. The van der Waals surface area contributed by atoms with Crippen LogP contribution in [-0.4, -0.2) is 66.5 Å². The second-order valence-electron chi connectivity index (χ2n) is 7.97. The van der Waals surface area contributed by atoms with Gasteiger partial charge in [-0.05, 0) is 42.2 Å². The molecular formula is C24H31N3O2. The molecule has 29 heavy (non-hydrogen) atoms. The lowest BCUT2D eigenvalue weighted by Crippen LogP contribution is -2.51. The zero-order chi connectivity index (χ0) is 20.1. The van der Waals surface area contributed by atoms with Crippen molar-refractivity contribution in [3.63, 3.8) is 0 Å². The number of carbonyl (C=O) groups excluding carboxylic acids is 1. The van der Waals surface area contributed by atoms with E-state index in [0.29, 0.717) is 13.2 Å². The zero-order valence-corrected chi connectivity index (χ0v) is 17.3. The molecule has 1 fully saturated rings. The van der Waals surface area contributed by atoms with Crippen molar-refractivity contribution >= 4 is 5.91 Å². The molecule has 0 radical (unpaired) electrons. The lowest BCUT2D eigenvalue weighted by molar-refractivity contribution is -0.134. The van der Waals surface area contributed by atoms with Crippen LogP contribution in [0.2, 0.25) is 0 Å². The fourth-order valence-corrected chi connectivity index (χ4v) is 4.27. The van der Waals surface area contributed by atoms with E-state index in [-0.39, 0.29) is 5.91 Å². The van der Waals surface area contributed by atoms with Crippen LogP contribution in [0.1, 0.15) is 23.6 Å². The quantitative estimate of drug-likeness (QED) is 0.756. The Morgan fingerprint density at radius 2 is 1.72 bits per heavy atom. The highest BCUT2D eigenvalue weighted by molar-refractivity contribution is 5.78. The highest BCUT2D eigenvalue weighted by Gasteiger charge is 2.24. The number of fused-ring (bicyclic) bond motifs is 1. The Labute approximate surface area is 173 Å². The van der Waals surface area contributed by atoms with Gasteiger partial charge in [0.1, 0.15) is 5.75 Å². The van der Waals surface area contributed by atoms with Crippen LogP contribution >= 0.6 is 0 Å². The van der Waals surface area contributed by atoms with Gasteiger partial charge in [0.2, 0.25) is 5.91 Å². The Balaban J connectivity index is 1.26. The Morgan fingerprint density at radius 1 is 0.931 bits per heavy atom. The van der Waals surface area contributed by atoms with Crippen molar-refractivity contribution in [2.45, 2.75) is 26.4 Å². The first-order chi connectivity index (χ1) is 14.2. The van der Waals surface area contributed by atoms with E-state index in [1.807, 2.05) is 11.8 Å². The summed E-state index contributed by atoms with van der Waals surface area (Å²) >= 11 is 0. The lowest BCUT2D eigenvalue weighted by Gasteiger charge is -2.36. The fourth-order valence-electron chi connectivity index (χ4n) is 4.27. The molecule has 1 amide bonds. The minimum Gasteiger partial charge on any atom is -0.494 e. The van der Waals surface area contributed by atoms with Crippen molar-refractivity contribution in [2.75, 3.05) is 45.9 Å². The molecule has 0 N–H and O–H groups in total. The average Bonchev–Trinajstić information content (AvgIpc) is 2.75. The van der Waals surface area contributed by atoms with Gasteiger partial charge in [-0.25, -0.2) is 0 Å². The zero-order valence-electron chi connectivity index (χ0n) is 17.3. The number of nitrogens with zero attached hydrogens (tertiary/aromatic N) is 3. The molecular weight excluding hydrogens is 362 g/mol. The van der Waals surface area contributed by atoms with Crippen molar-refractivity contribution in [3.05, 3.63) is 65.2 Å². The van der Waals surface area contributed by atoms with Gasteiger partial charge in [0.05, 0.1) is 13.2 Å². The highest BCUT2D eigenvalue weighted by Crippen LogP contribution is 2.24. The van der Waals surface area contributed by atoms with Crippen LogP contribution in [0.4, 0.5) is 0 Å². The molecule has 0 bridgehead atoms. The Kier molecular flexibility index (Phi) is 6.47. The third-order valence-corrected chi connectivity index (χ3v) is 5.91. The molecule has 5 nitrogen and oxygen atoms in total. The lowest BCUT2D eigenvalue weighted by atomic mass is 9.99. The third-order valence-electron chi connectivity index (χ3n) is 5.91. The maximum absolute atomic E-state index is 12.9. The number of amides is 1. The molecule has 0 spiro atoms.